The van der Waals surface area contributed by atoms with E-state index in [2.05, 4.69) is 16.8 Å². The van der Waals surface area contributed by atoms with Crippen molar-refractivity contribution < 1.29 is 9.90 Å². The topological polar surface area (TPSA) is 74.6 Å². The summed E-state index contributed by atoms with van der Waals surface area (Å²) in [5, 5.41) is 14.2. The van der Waals surface area contributed by atoms with Gasteiger partial charge < -0.3 is 19.9 Å². The third-order valence-corrected chi connectivity index (χ3v) is 5.19. The van der Waals surface area contributed by atoms with Gasteiger partial charge in [0.25, 0.3) is 11.5 Å². The number of carbonyl (C=O) groups excluding carboxylic acids is 1. The molecule has 1 unspecified atom stereocenters. The molecule has 1 aliphatic rings. The first-order chi connectivity index (χ1) is 12.9. The van der Waals surface area contributed by atoms with Gasteiger partial charge in [0.15, 0.2) is 0 Å². The van der Waals surface area contributed by atoms with Crippen LogP contribution in [0.5, 0.6) is 5.75 Å². The van der Waals surface area contributed by atoms with Crippen molar-refractivity contribution in [1.29, 1.82) is 0 Å². The summed E-state index contributed by atoms with van der Waals surface area (Å²) in [6.07, 6.45) is 3.63. The fraction of sp³-hybridized carbons (Fsp3) is 0.522. The lowest BCUT2D eigenvalue weighted by atomic mass is 10.0. The van der Waals surface area contributed by atoms with Gasteiger partial charge in [0.05, 0.1) is 5.52 Å². The van der Waals surface area contributed by atoms with Gasteiger partial charge in [-0.05, 0) is 58.7 Å². The first-order valence-corrected chi connectivity index (χ1v) is 9.60. The Morgan fingerprint density at radius 2 is 1.90 bits per heavy atom. The number of fused-ring (bicyclic) bond motifs is 1. The van der Waals surface area contributed by atoms with E-state index in [-0.39, 0.29) is 38.2 Å². The van der Waals surface area contributed by atoms with Crippen molar-refractivity contribution in [3.63, 3.8) is 0 Å². The summed E-state index contributed by atoms with van der Waals surface area (Å²) in [5.41, 5.74) is 0.0223. The number of pyridine rings is 1. The zero-order valence-electron chi connectivity index (χ0n) is 16.2. The summed E-state index contributed by atoms with van der Waals surface area (Å²) in [5.74, 6) is -0.726. The molecule has 161 valence electrons. The molecule has 0 saturated carbocycles. The second-order valence-electron chi connectivity index (χ2n) is 7.56. The molecule has 1 saturated heterocycles. The van der Waals surface area contributed by atoms with Crippen molar-refractivity contribution in [3.8, 4) is 5.75 Å². The highest BCUT2D eigenvalue weighted by Gasteiger charge is 2.25. The van der Waals surface area contributed by atoms with Crippen molar-refractivity contribution in [2.45, 2.75) is 66.5 Å². The summed E-state index contributed by atoms with van der Waals surface area (Å²) in [4.78, 5) is 28.1. The molecule has 2 N–H and O–H groups in total. The van der Waals surface area contributed by atoms with Gasteiger partial charge in [-0.3, -0.25) is 9.59 Å². The smallest absolute Gasteiger partial charge is 0.267 e. The fourth-order valence-corrected chi connectivity index (χ4v) is 3.74. The van der Waals surface area contributed by atoms with Crippen LogP contribution in [0.2, 0.25) is 0 Å². The molecule has 2 aromatic rings. The molecule has 1 fully saturated rings. The predicted octanol–water partition coefficient (Wildman–Crippen LogP) is 4.33. The Balaban J connectivity index is 0.00000210. The van der Waals surface area contributed by atoms with Crippen molar-refractivity contribution in [1.82, 2.24) is 14.8 Å². The van der Waals surface area contributed by atoms with Crippen LogP contribution in [-0.2, 0) is 0 Å². The molecule has 1 atom stereocenters. The molecule has 1 aliphatic heterocycles. The zero-order chi connectivity index (χ0) is 19.6. The minimum atomic E-state index is -0.491. The van der Waals surface area contributed by atoms with E-state index in [0.29, 0.717) is 10.9 Å². The Hall–Kier alpha value is -2.34. The van der Waals surface area contributed by atoms with E-state index in [0.717, 1.165) is 32.2 Å². The monoisotopic (exact) mass is 402 g/mol. The van der Waals surface area contributed by atoms with Gasteiger partial charge in [-0.1, -0.05) is 27.0 Å². The van der Waals surface area contributed by atoms with Crippen LogP contribution in [0, 0.1) is 6.54 Å². The summed E-state index contributed by atoms with van der Waals surface area (Å²) in [7, 11) is 2.03. The second-order valence-corrected chi connectivity index (χ2v) is 7.56. The van der Waals surface area contributed by atoms with E-state index in [1.165, 1.54) is 0 Å². The minimum Gasteiger partial charge on any atom is -0.506 e. The number of nitrogens with one attached hydrogen (secondary N) is 1. The van der Waals surface area contributed by atoms with Crippen LogP contribution in [0.3, 0.4) is 0 Å². The van der Waals surface area contributed by atoms with Crippen molar-refractivity contribution in [2.75, 3.05) is 13.6 Å². The summed E-state index contributed by atoms with van der Waals surface area (Å²) < 4.78 is 1.57. The quantitative estimate of drug-likeness (QED) is 0.801. The number of rotatable bonds is 3. The van der Waals surface area contributed by atoms with Crippen molar-refractivity contribution >= 4 is 16.8 Å². The van der Waals surface area contributed by atoms with Crippen LogP contribution in [0.4, 0.5) is 0 Å². The molecule has 1 radical (unpaired) electrons. The van der Waals surface area contributed by atoms with Crippen LogP contribution in [0.15, 0.2) is 29.1 Å². The largest absolute Gasteiger partial charge is 0.506 e. The molecule has 1 amide bonds. The molecule has 3 rings (SSSR count). The number of hydrogen-bond acceptors (Lipinski definition) is 4. The van der Waals surface area contributed by atoms with Gasteiger partial charge in [0, 0.05) is 30.6 Å². The minimum absolute atomic E-state index is 0. The van der Waals surface area contributed by atoms with Crippen LogP contribution in [0.1, 0.15) is 70.8 Å². The maximum absolute atomic E-state index is 13.0. The van der Waals surface area contributed by atoms with Gasteiger partial charge in [0.1, 0.15) is 11.3 Å². The number of benzene rings is 1. The molecular formula is C23H36N3O3. The van der Waals surface area contributed by atoms with Crippen LogP contribution in [0.25, 0.3) is 10.9 Å². The van der Waals surface area contributed by atoms with E-state index in [1.807, 2.05) is 27.0 Å². The third kappa shape index (κ3) is 5.18. The molecule has 6 heteroatoms. The molecule has 0 aliphatic carbocycles. The predicted molar refractivity (Wildman–Crippen MR) is 120 cm³/mol. The summed E-state index contributed by atoms with van der Waals surface area (Å²) in [6, 6.07) is 7.01. The van der Waals surface area contributed by atoms with Crippen LogP contribution < -0.4 is 10.9 Å². The Morgan fingerprint density at radius 3 is 2.59 bits per heavy atom. The SMILES string of the molecule is C.C.CC(C)n1c(=O)c(C(=O)NC2CCC[CH]N(C)CC2)c(O)c2ccccc21. The van der Waals surface area contributed by atoms with E-state index >= 15 is 0 Å². The van der Waals surface area contributed by atoms with Gasteiger partial charge in [-0.15, -0.1) is 0 Å². The standard InChI is InChI=1S/C21H28N3O3.2CH4/c1-14(2)24-17-10-5-4-9-16(17)19(25)18(21(24)27)20(26)22-15-8-6-7-12-23(3)13-11-15;;/h4-5,9-10,12,14-15,25H,6-8,11,13H2,1-3H3,(H,22,26);2*1H4. The molecule has 0 spiro atoms. The first kappa shape index (κ1) is 24.7. The number of likely N-dealkylation sites (tertiary alicyclic amines) is 1. The van der Waals surface area contributed by atoms with Gasteiger partial charge in [-0.25, -0.2) is 0 Å². The van der Waals surface area contributed by atoms with Crippen molar-refractivity contribution in [2.24, 2.45) is 0 Å². The molecule has 1 aromatic carbocycles. The molecule has 6 nitrogen and oxygen atoms in total. The van der Waals surface area contributed by atoms with Crippen molar-refractivity contribution in [3.05, 3.63) is 46.7 Å². The lowest BCUT2D eigenvalue weighted by Crippen LogP contribution is -2.41. The average molecular weight is 403 g/mol. The lowest BCUT2D eigenvalue weighted by Gasteiger charge is -2.26. The number of para-hydroxylation sites is 1. The highest BCUT2D eigenvalue weighted by atomic mass is 16.3. The Labute approximate surface area is 174 Å². The van der Waals surface area contributed by atoms with Gasteiger partial charge in [-0.2, -0.15) is 0 Å². The number of nitrogens with zero attached hydrogens (tertiary/aromatic N) is 2. The number of amides is 1. The molecule has 29 heavy (non-hydrogen) atoms. The molecule has 2 heterocycles. The third-order valence-electron chi connectivity index (χ3n) is 5.19. The Kier molecular flexibility index (Phi) is 8.89. The first-order valence-electron chi connectivity index (χ1n) is 9.60. The highest BCUT2D eigenvalue weighted by Crippen LogP contribution is 2.28. The Bertz CT molecular complexity index is 889. The second kappa shape index (κ2) is 10.4. The number of hydrogen-bond donors (Lipinski definition) is 2. The van der Waals surface area contributed by atoms with E-state index in [4.69, 9.17) is 0 Å². The number of aromatic hydroxyl groups is 1. The van der Waals surface area contributed by atoms with Crippen LogP contribution >= 0.6 is 0 Å². The zero-order valence-corrected chi connectivity index (χ0v) is 16.2. The highest BCUT2D eigenvalue weighted by molar-refractivity contribution is 6.02. The number of aromatic nitrogens is 1. The number of carbonyl (C=O) groups is 1. The van der Waals surface area contributed by atoms with E-state index in [9.17, 15) is 14.7 Å². The average Bonchev–Trinajstić information content (AvgIpc) is 2.61. The summed E-state index contributed by atoms with van der Waals surface area (Å²) in [6.45, 7) is 6.82. The fourth-order valence-electron chi connectivity index (χ4n) is 3.74. The molecule has 0 bridgehead atoms. The molecular weight excluding hydrogens is 366 g/mol. The van der Waals surface area contributed by atoms with E-state index < -0.39 is 11.5 Å². The normalized spacial score (nSPS) is 17.7. The molecule has 1 aromatic heterocycles. The maximum Gasteiger partial charge on any atom is 0.267 e. The summed E-state index contributed by atoms with van der Waals surface area (Å²) >= 11 is 0. The van der Waals surface area contributed by atoms with Gasteiger partial charge >= 0.3 is 0 Å². The maximum atomic E-state index is 13.0. The van der Waals surface area contributed by atoms with Crippen LogP contribution in [-0.4, -0.2) is 40.1 Å². The Morgan fingerprint density at radius 1 is 1.21 bits per heavy atom. The van der Waals surface area contributed by atoms with Gasteiger partial charge in [0.2, 0.25) is 0 Å². The van der Waals surface area contributed by atoms with E-state index in [1.54, 1.807) is 22.8 Å². The lowest BCUT2D eigenvalue weighted by molar-refractivity contribution is 0.0923.